The third kappa shape index (κ3) is 3.53. The minimum atomic E-state index is -0.901. The first-order chi connectivity index (χ1) is 11.7. The van der Waals surface area contributed by atoms with Crippen molar-refractivity contribution < 1.29 is 14.3 Å². The van der Waals surface area contributed by atoms with Crippen molar-refractivity contribution in [3.8, 4) is 0 Å². The Kier molecular flexibility index (Phi) is 5.04. The average molecular weight is 331 g/mol. The fourth-order valence-electron chi connectivity index (χ4n) is 3.10. The smallest absolute Gasteiger partial charge is 0.240 e. The summed E-state index contributed by atoms with van der Waals surface area (Å²) in [7, 11) is 1.58. The Morgan fingerprint density at radius 2 is 1.79 bits per heavy atom. The number of nitrogens with zero attached hydrogens (tertiary/aromatic N) is 1. The first kappa shape index (κ1) is 16.8. The Bertz CT molecular complexity index is 590. The number of nitrogens with one attached hydrogen (secondary N) is 2. The monoisotopic (exact) mass is 331 g/mol. The summed E-state index contributed by atoms with van der Waals surface area (Å²) in [5.41, 5.74) is 1.02. The van der Waals surface area contributed by atoms with Crippen LogP contribution in [0.2, 0.25) is 0 Å². The predicted octanol–water partition coefficient (Wildman–Crippen LogP) is 1.77. The molecular formula is C18H25N3O3. The van der Waals surface area contributed by atoms with Crippen molar-refractivity contribution in [3.63, 3.8) is 0 Å². The highest BCUT2D eigenvalue weighted by Gasteiger charge is 2.56. The van der Waals surface area contributed by atoms with E-state index in [4.69, 9.17) is 4.74 Å². The molecule has 2 N–H and O–H groups in total. The molecule has 0 bridgehead atoms. The van der Waals surface area contributed by atoms with Crippen molar-refractivity contribution in [1.82, 2.24) is 5.32 Å². The van der Waals surface area contributed by atoms with Crippen molar-refractivity contribution in [2.45, 2.75) is 25.7 Å². The summed E-state index contributed by atoms with van der Waals surface area (Å²) in [6, 6.07) is 7.87. The SMILES string of the molecule is COCCNC(=O)C1(C(=O)Nc2ccc(N3CCCC3)cc2)CC1. The number of ether oxygens (including phenoxy) is 1. The number of rotatable bonds is 7. The second-order valence-corrected chi connectivity index (χ2v) is 6.53. The Balaban J connectivity index is 1.57. The van der Waals surface area contributed by atoms with E-state index in [0.29, 0.717) is 26.0 Å². The van der Waals surface area contributed by atoms with Crippen LogP contribution in [0, 0.1) is 5.41 Å². The van der Waals surface area contributed by atoms with Crippen molar-refractivity contribution in [3.05, 3.63) is 24.3 Å². The predicted molar refractivity (Wildman–Crippen MR) is 93.1 cm³/mol. The van der Waals surface area contributed by atoms with E-state index < -0.39 is 5.41 Å². The summed E-state index contributed by atoms with van der Waals surface area (Å²) in [5, 5.41) is 5.65. The molecular weight excluding hydrogens is 306 g/mol. The molecule has 1 aromatic carbocycles. The number of carbonyl (C=O) groups is 2. The van der Waals surface area contributed by atoms with Crippen LogP contribution in [0.5, 0.6) is 0 Å². The molecule has 1 aliphatic heterocycles. The lowest BCUT2D eigenvalue weighted by molar-refractivity contribution is -0.134. The van der Waals surface area contributed by atoms with Crippen molar-refractivity contribution in [1.29, 1.82) is 0 Å². The molecule has 6 nitrogen and oxygen atoms in total. The van der Waals surface area contributed by atoms with Gasteiger partial charge in [-0.05, 0) is 49.9 Å². The molecule has 2 amide bonds. The van der Waals surface area contributed by atoms with E-state index in [0.717, 1.165) is 18.8 Å². The van der Waals surface area contributed by atoms with E-state index in [2.05, 4.69) is 15.5 Å². The normalized spacial score (nSPS) is 18.3. The molecule has 1 aliphatic carbocycles. The fraction of sp³-hybridized carbons (Fsp3) is 0.556. The summed E-state index contributed by atoms with van der Waals surface area (Å²) in [6.07, 6.45) is 3.67. The Labute approximate surface area is 142 Å². The maximum atomic E-state index is 12.5. The first-order valence-corrected chi connectivity index (χ1v) is 8.59. The molecule has 3 rings (SSSR count). The Morgan fingerprint density at radius 3 is 2.38 bits per heavy atom. The van der Waals surface area contributed by atoms with Gasteiger partial charge in [-0.25, -0.2) is 0 Å². The van der Waals surface area contributed by atoms with E-state index in [1.54, 1.807) is 7.11 Å². The summed E-state index contributed by atoms with van der Waals surface area (Å²) >= 11 is 0. The zero-order chi connectivity index (χ0) is 17.0. The highest BCUT2D eigenvalue weighted by Crippen LogP contribution is 2.46. The van der Waals surface area contributed by atoms with Crippen molar-refractivity contribution >= 4 is 23.2 Å². The molecule has 0 spiro atoms. The van der Waals surface area contributed by atoms with Gasteiger partial charge in [0.15, 0.2) is 0 Å². The van der Waals surface area contributed by atoms with Crippen LogP contribution in [0.4, 0.5) is 11.4 Å². The molecule has 1 heterocycles. The first-order valence-electron chi connectivity index (χ1n) is 8.59. The average Bonchev–Trinajstić information content (AvgIpc) is 3.24. The third-order valence-electron chi connectivity index (χ3n) is 4.81. The van der Waals surface area contributed by atoms with Gasteiger partial charge in [0.25, 0.3) is 0 Å². The summed E-state index contributed by atoms with van der Waals surface area (Å²) < 4.78 is 4.92. The second-order valence-electron chi connectivity index (χ2n) is 6.53. The molecule has 1 saturated heterocycles. The molecule has 6 heteroatoms. The summed E-state index contributed by atoms with van der Waals surface area (Å²) in [4.78, 5) is 27.1. The number of amides is 2. The van der Waals surface area contributed by atoms with Crippen LogP contribution < -0.4 is 15.5 Å². The Morgan fingerprint density at radius 1 is 1.12 bits per heavy atom. The van der Waals surface area contributed by atoms with Crippen LogP contribution in [0.25, 0.3) is 0 Å². The minimum Gasteiger partial charge on any atom is -0.383 e. The topological polar surface area (TPSA) is 70.7 Å². The zero-order valence-corrected chi connectivity index (χ0v) is 14.1. The zero-order valence-electron chi connectivity index (χ0n) is 14.1. The molecule has 1 aromatic rings. The molecule has 0 unspecified atom stereocenters. The van der Waals surface area contributed by atoms with Crippen LogP contribution in [0.1, 0.15) is 25.7 Å². The number of carbonyl (C=O) groups excluding carboxylic acids is 2. The number of hydrogen-bond acceptors (Lipinski definition) is 4. The number of benzene rings is 1. The van der Waals surface area contributed by atoms with Gasteiger partial charge in [0.05, 0.1) is 6.61 Å². The van der Waals surface area contributed by atoms with Gasteiger partial charge in [0, 0.05) is 38.1 Å². The van der Waals surface area contributed by atoms with Gasteiger partial charge in [-0.15, -0.1) is 0 Å². The van der Waals surface area contributed by atoms with Crippen molar-refractivity contribution in [2.75, 3.05) is 43.6 Å². The van der Waals surface area contributed by atoms with Crippen LogP contribution in [-0.2, 0) is 14.3 Å². The standard InChI is InChI=1S/C18H25N3O3/c1-24-13-10-19-16(22)18(8-9-18)17(23)20-14-4-6-15(7-5-14)21-11-2-3-12-21/h4-7H,2-3,8-13H2,1H3,(H,19,22)(H,20,23). The van der Waals surface area contributed by atoms with Crippen LogP contribution in [0.15, 0.2) is 24.3 Å². The fourth-order valence-corrected chi connectivity index (χ4v) is 3.10. The number of hydrogen-bond donors (Lipinski definition) is 2. The largest absolute Gasteiger partial charge is 0.383 e. The lowest BCUT2D eigenvalue weighted by Crippen LogP contribution is -2.41. The molecule has 1 saturated carbocycles. The van der Waals surface area contributed by atoms with Crippen LogP contribution >= 0.6 is 0 Å². The van der Waals surface area contributed by atoms with Gasteiger partial charge in [0.2, 0.25) is 11.8 Å². The maximum absolute atomic E-state index is 12.5. The second kappa shape index (κ2) is 7.21. The van der Waals surface area contributed by atoms with Crippen LogP contribution in [-0.4, -0.2) is 45.2 Å². The molecule has 0 aromatic heterocycles. The molecule has 2 aliphatic rings. The van der Waals surface area contributed by atoms with E-state index in [1.165, 1.54) is 18.5 Å². The van der Waals surface area contributed by atoms with Crippen molar-refractivity contribution in [2.24, 2.45) is 5.41 Å². The van der Waals surface area contributed by atoms with E-state index in [-0.39, 0.29) is 11.8 Å². The van der Waals surface area contributed by atoms with Gasteiger partial charge in [0.1, 0.15) is 5.41 Å². The van der Waals surface area contributed by atoms with Gasteiger partial charge < -0.3 is 20.3 Å². The number of anilines is 2. The number of methoxy groups -OCH3 is 1. The quantitative estimate of drug-likeness (QED) is 0.590. The van der Waals surface area contributed by atoms with Gasteiger partial charge in [-0.2, -0.15) is 0 Å². The van der Waals surface area contributed by atoms with Crippen LogP contribution in [0.3, 0.4) is 0 Å². The van der Waals surface area contributed by atoms with E-state index >= 15 is 0 Å². The molecule has 130 valence electrons. The Hall–Kier alpha value is -2.08. The van der Waals surface area contributed by atoms with Gasteiger partial charge in [-0.3, -0.25) is 9.59 Å². The highest BCUT2D eigenvalue weighted by molar-refractivity contribution is 6.13. The minimum absolute atomic E-state index is 0.203. The third-order valence-corrected chi connectivity index (χ3v) is 4.81. The molecule has 0 atom stereocenters. The van der Waals surface area contributed by atoms with Gasteiger partial charge in [-0.1, -0.05) is 0 Å². The maximum Gasteiger partial charge on any atom is 0.240 e. The molecule has 0 radical (unpaired) electrons. The molecule has 2 fully saturated rings. The molecule has 24 heavy (non-hydrogen) atoms. The lowest BCUT2D eigenvalue weighted by atomic mass is 10.1. The summed E-state index contributed by atoms with van der Waals surface area (Å²) in [5.74, 6) is -0.419. The summed E-state index contributed by atoms with van der Waals surface area (Å²) in [6.45, 7) is 3.06. The highest BCUT2D eigenvalue weighted by atomic mass is 16.5. The van der Waals surface area contributed by atoms with Gasteiger partial charge >= 0.3 is 0 Å². The lowest BCUT2D eigenvalue weighted by Gasteiger charge is -2.19. The van der Waals surface area contributed by atoms with E-state index in [9.17, 15) is 9.59 Å². The van der Waals surface area contributed by atoms with E-state index in [1.807, 2.05) is 24.3 Å².